The topological polar surface area (TPSA) is 0 Å². The lowest BCUT2D eigenvalue weighted by Gasteiger charge is -1.98. The lowest BCUT2D eigenvalue weighted by Crippen LogP contribution is -2.01. The third-order valence-corrected chi connectivity index (χ3v) is 8.65. The van der Waals surface area contributed by atoms with E-state index in [1.165, 1.54) is 57.6 Å². The van der Waals surface area contributed by atoms with Crippen LogP contribution < -0.4 is 31.8 Å². The highest BCUT2D eigenvalue weighted by Gasteiger charge is 1.95. The lowest BCUT2D eigenvalue weighted by atomic mass is 10.4. The molecule has 42 heavy (non-hydrogen) atoms. The van der Waals surface area contributed by atoms with Crippen LogP contribution in [0, 0.1) is 0 Å². The summed E-state index contributed by atoms with van der Waals surface area (Å²) >= 11 is 0. The summed E-state index contributed by atoms with van der Waals surface area (Å²) in [4.78, 5) is 0. The molecule has 6 heteroatoms. The Labute approximate surface area is 275 Å². The summed E-state index contributed by atoms with van der Waals surface area (Å²) in [6.07, 6.45) is 0. The molecule has 0 N–H and O–H groups in total. The molecule has 0 aliphatic rings. The first-order chi connectivity index (χ1) is 19.3. The van der Waals surface area contributed by atoms with Gasteiger partial charge in [-0.05, 0) is 57.6 Å². The number of rotatable bonds is 6. The van der Waals surface area contributed by atoms with Crippen LogP contribution in [0.2, 0.25) is 0 Å². The fourth-order valence-electron chi connectivity index (χ4n) is 3.46. The monoisotopic (exact) mass is 663 g/mol. The van der Waals surface area contributed by atoms with E-state index < -0.39 is 0 Å². The minimum atomic E-state index is 0. The van der Waals surface area contributed by atoms with E-state index >= 15 is 0 Å². The van der Waals surface area contributed by atoms with Crippen molar-refractivity contribution in [2.45, 2.75) is 0 Å². The Morgan fingerprint density at radius 2 is 0.310 bits per heavy atom. The van der Waals surface area contributed by atoms with Gasteiger partial charge in [0.2, 0.25) is 0 Å². The summed E-state index contributed by atoms with van der Waals surface area (Å²) in [5.74, 6) is 0. The molecule has 6 rings (SSSR count). The van der Waals surface area contributed by atoms with Crippen molar-refractivity contribution in [2.75, 3.05) is 0 Å². The van der Waals surface area contributed by atoms with Crippen molar-refractivity contribution in [3.8, 4) is 0 Å². The molecule has 0 saturated heterocycles. The van der Waals surface area contributed by atoms with E-state index in [1.54, 1.807) is 0 Å². The molecule has 3 radical (unpaired) electrons. The van der Waals surface area contributed by atoms with Gasteiger partial charge in [0.25, 0.3) is 0 Å². The van der Waals surface area contributed by atoms with E-state index in [9.17, 15) is 0 Å². The highest BCUT2D eigenvalue weighted by atomic mass is 35.5. The molecule has 0 aromatic heterocycles. The molecule has 0 bridgehead atoms. The SMILES string of the molecule is Cl.Cl.Cl.c1ccc([P]c2ccccc2)cc1.c1ccc([P]c2ccccc2)cc1.c1ccc([P]c2ccccc2)cc1. The van der Waals surface area contributed by atoms with E-state index in [2.05, 4.69) is 146 Å². The summed E-state index contributed by atoms with van der Waals surface area (Å²) in [5.41, 5.74) is 0. The molecular formula is C36H33Cl3P3. The average Bonchev–Trinajstić information content (AvgIpc) is 3.01. The second kappa shape index (κ2) is 23.0. The van der Waals surface area contributed by atoms with Crippen LogP contribution in [0.5, 0.6) is 0 Å². The first kappa shape index (κ1) is 37.5. The molecule has 6 aromatic carbocycles. The standard InChI is InChI=1S/3C12H10P.3ClH/c3*1-3-7-11(8-4-1)13-12-9-5-2-6-10-12;;;/h3*1-10H;3*1H. The predicted octanol–water partition coefficient (Wildman–Crippen LogP) is 9.02. The lowest BCUT2D eigenvalue weighted by molar-refractivity contribution is 1.76. The fourth-order valence-corrected chi connectivity index (χ4v) is 6.28. The van der Waals surface area contributed by atoms with Crippen molar-refractivity contribution in [1.29, 1.82) is 0 Å². The number of hydrogen-bond acceptors (Lipinski definition) is 0. The van der Waals surface area contributed by atoms with Gasteiger partial charge in [0.1, 0.15) is 0 Å². The van der Waals surface area contributed by atoms with Crippen molar-refractivity contribution in [1.82, 2.24) is 0 Å². The second-order valence-corrected chi connectivity index (χ2v) is 12.1. The van der Waals surface area contributed by atoms with Crippen molar-refractivity contribution in [2.24, 2.45) is 0 Å². The van der Waals surface area contributed by atoms with Gasteiger partial charge in [0, 0.05) is 0 Å². The van der Waals surface area contributed by atoms with E-state index in [1.807, 2.05) is 36.4 Å². The Balaban J connectivity index is 0.000000304. The van der Waals surface area contributed by atoms with Gasteiger partial charge in [-0.3, -0.25) is 0 Å². The molecule has 0 amide bonds. The zero-order chi connectivity index (χ0) is 26.8. The largest absolute Gasteiger partial charge is 0.147 e. The summed E-state index contributed by atoms with van der Waals surface area (Å²) in [5, 5.41) is 8.05. The van der Waals surface area contributed by atoms with Crippen LogP contribution in [0.25, 0.3) is 0 Å². The molecule has 0 unspecified atom stereocenters. The Morgan fingerprint density at radius 3 is 0.429 bits per heavy atom. The predicted molar refractivity (Wildman–Crippen MR) is 199 cm³/mol. The van der Waals surface area contributed by atoms with Crippen LogP contribution in [0.15, 0.2) is 182 Å². The maximum absolute atomic E-state index is 2.15. The molecule has 0 saturated carbocycles. The summed E-state index contributed by atoms with van der Waals surface area (Å²) in [6, 6.07) is 62.9. The molecule has 0 nitrogen and oxygen atoms in total. The quantitative estimate of drug-likeness (QED) is 0.156. The number of halogens is 3. The van der Waals surface area contributed by atoms with Gasteiger partial charge < -0.3 is 0 Å². The van der Waals surface area contributed by atoms with Gasteiger partial charge in [-0.15, -0.1) is 37.2 Å². The molecular weight excluding hydrogens is 632 g/mol. The zero-order valence-electron chi connectivity index (χ0n) is 22.9. The second-order valence-electron chi connectivity index (χ2n) is 8.35. The molecule has 0 aliphatic carbocycles. The molecule has 0 aliphatic heterocycles. The van der Waals surface area contributed by atoms with Crippen LogP contribution >= 0.6 is 63.0 Å². The Bertz CT molecular complexity index is 1150. The van der Waals surface area contributed by atoms with Crippen LogP contribution in [0.1, 0.15) is 0 Å². The van der Waals surface area contributed by atoms with Crippen molar-refractivity contribution in [3.05, 3.63) is 182 Å². The van der Waals surface area contributed by atoms with Crippen molar-refractivity contribution < 1.29 is 0 Å². The summed E-state index contributed by atoms with van der Waals surface area (Å²) in [7, 11) is 3.85. The van der Waals surface area contributed by atoms with E-state index in [4.69, 9.17) is 0 Å². The van der Waals surface area contributed by atoms with Gasteiger partial charge in [-0.2, -0.15) is 0 Å². The smallest absolute Gasteiger partial charge is 0.0100 e. The number of hydrogen-bond donors (Lipinski definition) is 0. The van der Waals surface area contributed by atoms with Crippen molar-refractivity contribution in [3.63, 3.8) is 0 Å². The third-order valence-electron chi connectivity index (χ3n) is 5.31. The van der Waals surface area contributed by atoms with Crippen molar-refractivity contribution >= 4 is 94.8 Å². The Hall–Kier alpha value is -2.52. The van der Waals surface area contributed by atoms with Gasteiger partial charge in [0.05, 0.1) is 0 Å². The van der Waals surface area contributed by atoms with E-state index in [-0.39, 0.29) is 37.2 Å². The van der Waals surface area contributed by atoms with Gasteiger partial charge in [-0.1, -0.05) is 182 Å². The average molecular weight is 665 g/mol. The third kappa shape index (κ3) is 15.1. The Kier molecular flexibility index (Phi) is 20.5. The number of benzene rings is 6. The first-order valence-electron chi connectivity index (χ1n) is 12.8. The van der Waals surface area contributed by atoms with Gasteiger partial charge in [0.15, 0.2) is 0 Å². The highest BCUT2D eigenvalue weighted by molar-refractivity contribution is 7.56. The zero-order valence-corrected chi connectivity index (χ0v) is 28.0. The van der Waals surface area contributed by atoms with Gasteiger partial charge in [-0.25, -0.2) is 0 Å². The molecule has 6 aromatic rings. The molecule has 0 spiro atoms. The molecule has 0 atom stereocenters. The van der Waals surface area contributed by atoms with Crippen LogP contribution in [-0.2, 0) is 0 Å². The highest BCUT2D eigenvalue weighted by Crippen LogP contribution is 2.10. The van der Waals surface area contributed by atoms with E-state index in [0.717, 1.165) is 0 Å². The minimum absolute atomic E-state index is 0. The van der Waals surface area contributed by atoms with Crippen LogP contribution in [0.4, 0.5) is 0 Å². The maximum Gasteiger partial charge on any atom is -0.0100 e. The van der Waals surface area contributed by atoms with Crippen LogP contribution in [-0.4, -0.2) is 0 Å². The summed E-state index contributed by atoms with van der Waals surface area (Å²) in [6.45, 7) is 0. The molecule has 0 heterocycles. The maximum atomic E-state index is 2.15. The molecule has 0 fully saturated rings. The first-order valence-corrected chi connectivity index (χ1v) is 15.5. The van der Waals surface area contributed by atoms with E-state index in [0.29, 0.717) is 0 Å². The normalized spacial score (nSPS) is 9.14. The summed E-state index contributed by atoms with van der Waals surface area (Å²) < 4.78 is 0. The molecule has 213 valence electrons. The van der Waals surface area contributed by atoms with Crippen LogP contribution in [0.3, 0.4) is 0 Å². The fraction of sp³-hybridized carbons (Fsp3) is 0. The van der Waals surface area contributed by atoms with Gasteiger partial charge >= 0.3 is 0 Å². The Morgan fingerprint density at radius 1 is 0.190 bits per heavy atom. The minimum Gasteiger partial charge on any atom is -0.147 e.